The number of nitrogens with one attached hydrogen (secondary N) is 2. The first-order chi connectivity index (χ1) is 7.90. The molecule has 8 heteroatoms. The van der Waals surface area contributed by atoms with Crippen LogP contribution >= 0.6 is 12.2 Å². The monoisotopic (exact) mass is 276 g/mol. The molecule has 96 valence electrons. The van der Waals surface area contributed by atoms with E-state index in [4.69, 9.17) is 18.0 Å². The van der Waals surface area contributed by atoms with E-state index in [1.807, 2.05) is 6.92 Å². The van der Waals surface area contributed by atoms with Gasteiger partial charge in [0.05, 0.1) is 17.2 Å². The second-order valence-corrected chi connectivity index (χ2v) is 5.69. The first-order valence-electron chi connectivity index (χ1n) is 5.26. The molecule has 6 nitrogen and oxygen atoms in total. The Hall–Kier alpha value is -0.990. The van der Waals surface area contributed by atoms with Crippen LogP contribution in [0.1, 0.15) is 26.1 Å². The van der Waals surface area contributed by atoms with E-state index >= 15 is 0 Å². The molecule has 17 heavy (non-hydrogen) atoms. The number of nitrogens with zero attached hydrogens (tertiary/aromatic N) is 1. The number of rotatable bonds is 6. The molecule has 0 amide bonds. The first-order valence-corrected chi connectivity index (χ1v) is 7.15. The average molecular weight is 276 g/mol. The van der Waals surface area contributed by atoms with Gasteiger partial charge in [-0.2, -0.15) is 4.72 Å². The summed E-state index contributed by atoms with van der Waals surface area (Å²) in [6.07, 6.45) is 2.43. The van der Waals surface area contributed by atoms with Crippen molar-refractivity contribution in [3.8, 4) is 0 Å². The molecule has 0 radical (unpaired) electrons. The van der Waals surface area contributed by atoms with Gasteiger partial charge in [0, 0.05) is 6.42 Å². The molecule has 0 saturated carbocycles. The van der Waals surface area contributed by atoms with Crippen LogP contribution in [0.4, 0.5) is 0 Å². The largest absolute Gasteiger partial charge is 0.392 e. The summed E-state index contributed by atoms with van der Waals surface area (Å²) in [4.78, 5) is 6.80. The van der Waals surface area contributed by atoms with Crippen LogP contribution in [0.25, 0.3) is 0 Å². The lowest BCUT2D eigenvalue weighted by molar-refractivity contribution is 0.569. The quantitative estimate of drug-likeness (QED) is 0.649. The Morgan fingerprint density at radius 1 is 1.65 bits per heavy atom. The summed E-state index contributed by atoms with van der Waals surface area (Å²) < 4.78 is 26.3. The topological polar surface area (TPSA) is 101 Å². The maximum absolute atomic E-state index is 11.9. The molecule has 0 aromatic carbocycles. The van der Waals surface area contributed by atoms with E-state index in [-0.39, 0.29) is 10.0 Å². The second kappa shape index (κ2) is 5.56. The lowest BCUT2D eigenvalue weighted by atomic mass is 10.2. The van der Waals surface area contributed by atoms with E-state index in [9.17, 15) is 8.42 Å². The number of sulfonamides is 1. The van der Waals surface area contributed by atoms with Crippen molar-refractivity contribution < 1.29 is 8.42 Å². The average Bonchev–Trinajstić information content (AvgIpc) is 2.74. The fourth-order valence-electron chi connectivity index (χ4n) is 1.25. The van der Waals surface area contributed by atoms with Crippen LogP contribution < -0.4 is 10.5 Å². The van der Waals surface area contributed by atoms with Crippen LogP contribution in [0.5, 0.6) is 0 Å². The highest BCUT2D eigenvalue weighted by Crippen LogP contribution is 2.07. The molecule has 0 spiro atoms. The summed E-state index contributed by atoms with van der Waals surface area (Å²) in [6, 6.07) is -0.539. The highest BCUT2D eigenvalue weighted by atomic mass is 32.2. The normalized spacial score (nSPS) is 13.5. The maximum atomic E-state index is 11.9. The highest BCUT2D eigenvalue weighted by molar-refractivity contribution is 7.89. The van der Waals surface area contributed by atoms with Gasteiger partial charge in [0.25, 0.3) is 10.0 Å². The third kappa shape index (κ3) is 3.48. The van der Waals surface area contributed by atoms with Crippen molar-refractivity contribution in [3.05, 3.63) is 12.0 Å². The van der Waals surface area contributed by atoms with Gasteiger partial charge in [0.1, 0.15) is 5.82 Å². The van der Waals surface area contributed by atoms with E-state index < -0.39 is 16.1 Å². The molecule has 0 aliphatic heterocycles. The molecular formula is C9H16N4O2S2. The van der Waals surface area contributed by atoms with Crippen molar-refractivity contribution in [2.24, 2.45) is 5.73 Å². The molecular weight excluding hydrogens is 260 g/mol. The smallest absolute Gasteiger partial charge is 0.258 e. The van der Waals surface area contributed by atoms with E-state index in [0.29, 0.717) is 18.7 Å². The minimum Gasteiger partial charge on any atom is -0.392 e. The van der Waals surface area contributed by atoms with E-state index in [0.717, 1.165) is 0 Å². The molecule has 1 aromatic rings. The highest BCUT2D eigenvalue weighted by Gasteiger charge is 2.22. The van der Waals surface area contributed by atoms with Crippen LogP contribution in [-0.4, -0.2) is 29.4 Å². The molecule has 1 atom stereocenters. The molecule has 0 aliphatic rings. The molecule has 0 saturated heterocycles. The Morgan fingerprint density at radius 2 is 2.29 bits per heavy atom. The molecule has 1 rings (SSSR count). The lowest BCUT2D eigenvalue weighted by Crippen LogP contribution is -2.43. The van der Waals surface area contributed by atoms with Crippen molar-refractivity contribution >= 4 is 27.2 Å². The maximum Gasteiger partial charge on any atom is 0.258 e. The molecule has 0 bridgehead atoms. The van der Waals surface area contributed by atoms with Gasteiger partial charge >= 0.3 is 0 Å². The van der Waals surface area contributed by atoms with Gasteiger partial charge in [-0.05, 0) is 6.42 Å². The SMILES string of the molecule is CCc1ncc(S(=O)(=O)NC(CC)C(N)=S)[nH]1. The Balaban J connectivity index is 2.91. The minimum absolute atomic E-state index is 0.0315. The van der Waals surface area contributed by atoms with Gasteiger partial charge in [-0.3, -0.25) is 0 Å². The van der Waals surface area contributed by atoms with Crippen molar-refractivity contribution in [1.29, 1.82) is 0 Å². The third-order valence-electron chi connectivity index (χ3n) is 2.28. The Kier molecular flexibility index (Phi) is 4.61. The van der Waals surface area contributed by atoms with Crippen molar-refractivity contribution in [2.45, 2.75) is 37.8 Å². The number of imidazole rings is 1. The van der Waals surface area contributed by atoms with Crippen molar-refractivity contribution in [3.63, 3.8) is 0 Å². The number of nitrogens with two attached hydrogens (primary N) is 1. The fraction of sp³-hybridized carbons (Fsp3) is 0.556. The molecule has 0 fully saturated rings. The Labute approximate surface area is 106 Å². The molecule has 0 aliphatic carbocycles. The molecule has 4 N–H and O–H groups in total. The number of aromatic amines is 1. The summed E-state index contributed by atoms with van der Waals surface area (Å²) in [7, 11) is -3.64. The predicted molar refractivity (Wildman–Crippen MR) is 69.2 cm³/mol. The van der Waals surface area contributed by atoms with E-state index in [2.05, 4.69) is 14.7 Å². The van der Waals surface area contributed by atoms with E-state index in [1.54, 1.807) is 6.92 Å². The van der Waals surface area contributed by atoms with Gasteiger partial charge in [0.2, 0.25) is 0 Å². The Bertz CT molecular complexity index is 495. The second-order valence-electron chi connectivity index (χ2n) is 3.53. The van der Waals surface area contributed by atoms with Crippen molar-refractivity contribution in [1.82, 2.24) is 14.7 Å². The zero-order chi connectivity index (χ0) is 13.1. The summed E-state index contributed by atoms with van der Waals surface area (Å²) in [5.41, 5.74) is 5.44. The first kappa shape index (κ1) is 14.1. The number of H-pyrrole nitrogens is 1. The van der Waals surface area contributed by atoms with Crippen LogP contribution in [0.3, 0.4) is 0 Å². The van der Waals surface area contributed by atoms with Gasteiger partial charge in [-0.15, -0.1) is 0 Å². The Morgan fingerprint density at radius 3 is 2.71 bits per heavy atom. The van der Waals surface area contributed by atoms with Gasteiger partial charge in [-0.25, -0.2) is 13.4 Å². The zero-order valence-electron chi connectivity index (χ0n) is 9.73. The van der Waals surface area contributed by atoms with Crippen LogP contribution in [0, 0.1) is 0 Å². The number of aromatic nitrogens is 2. The van der Waals surface area contributed by atoms with Crippen LogP contribution in [0.2, 0.25) is 0 Å². The predicted octanol–water partition coefficient (Wildman–Crippen LogP) is 0.315. The number of hydrogen-bond acceptors (Lipinski definition) is 4. The van der Waals surface area contributed by atoms with Gasteiger partial charge in [-0.1, -0.05) is 26.1 Å². The van der Waals surface area contributed by atoms with Gasteiger partial charge < -0.3 is 10.7 Å². The number of thiocarbonyl (C=S) groups is 1. The lowest BCUT2D eigenvalue weighted by Gasteiger charge is -2.14. The molecule has 1 unspecified atom stereocenters. The zero-order valence-corrected chi connectivity index (χ0v) is 11.4. The third-order valence-corrected chi connectivity index (χ3v) is 3.94. The van der Waals surface area contributed by atoms with Crippen LogP contribution in [-0.2, 0) is 16.4 Å². The molecule has 1 aromatic heterocycles. The van der Waals surface area contributed by atoms with Crippen LogP contribution in [0.15, 0.2) is 11.2 Å². The summed E-state index contributed by atoms with van der Waals surface area (Å²) >= 11 is 4.79. The fourth-order valence-corrected chi connectivity index (χ4v) is 2.79. The van der Waals surface area contributed by atoms with Crippen molar-refractivity contribution in [2.75, 3.05) is 0 Å². The molecule has 1 heterocycles. The summed E-state index contributed by atoms with van der Waals surface area (Å²) in [5, 5.41) is 0.0315. The summed E-state index contributed by atoms with van der Waals surface area (Å²) in [5.74, 6) is 0.619. The summed E-state index contributed by atoms with van der Waals surface area (Å²) in [6.45, 7) is 3.68. The standard InChI is InChI=1S/C9H16N4O2S2/c1-3-6(9(10)16)13-17(14,15)8-5-11-7(4-2)12-8/h5-6,13H,3-4H2,1-2H3,(H2,10,16)(H,11,12). The number of aryl methyl sites for hydroxylation is 1. The van der Waals surface area contributed by atoms with Gasteiger partial charge in [0.15, 0.2) is 5.03 Å². The number of hydrogen-bond donors (Lipinski definition) is 3. The minimum atomic E-state index is -3.64. The van der Waals surface area contributed by atoms with E-state index in [1.165, 1.54) is 6.20 Å².